The highest BCUT2D eigenvalue weighted by atomic mass is 16.5. The van der Waals surface area contributed by atoms with E-state index in [1.807, 2.05) is 25.1 Å². The number of carbonyl (C=O) groups is 3. The van der Waals surface area contributed by atoms with E-state index >= 15 is 0 Å². The summed E-state index contributed by atoms with van der Waals surface area (Å²) >= 11 is 0. The second kappa shape index (κ2) is 13.3. The van der Waals surface area contributed by atoms with Gasteiger partial charge in [0, 0.05) is 12.0 Å². The van der Waals surface area contributed by atoms with E-state index in [0.29, 0.717) is 23.6 Å². The molecule has 1 saturated heterocycles. The van der Waals surface area contributed by atoms with Gasteiger partial charge in [-0.1, -0.05) is 39.0 Å². The number of unbranched alkanes of at least 4 members (excludes halogenated alkanes) is 2. The lowest BCUT2D eigenvalue weighted by atomic mass is 9.92. The molecular formula is C32H44N4O6. The number of benzene rings is 1. The Bertz CT molecular complexity index is 1300. The van der Waals surface area contributed by atoms with Gasteiger partial charge in [-0.05, 0) is 68.9 Å². The number of carboxylic acid groups (broad SMARTS) is 1. The maximum absolute atomic E-state index is 12.9. The number of aromatic nitrogens is 2. The van der Waals surface area contributed by atoms with Gasteiger partial charge in [0.15, 0.2) is 5.78 Å². The Hall–Kier alpha value is -3.43. The molecule has 5 rings (SSSR count). The minimum Gasteiger partial charge on any atom is -0.497 e. The molecule has 42 heavy (non-hydrogen) atoms. The van der Waals surface area contributed by atoms with Crippen LogP contribution in [0, 0.1) is 23.7 Å². The van der Waals surface area contributed by atoms with E-state index < -0.39 is 30.7 Å². The number of hydrogen-bond donors (Lipinski definition) is 2. The highest BCUT2D eigenvalue weighted by molar-refractivity contribution is 5.90. The number of nitrogens with one attached hydrogen (secondary N) is 1. The zero-order valence-corrected chi connectivity index (χ0v) is 25.0. The fraction of sp³-hybridized carbons (Fsp3) is 0.656. The number of amides is 2. The lowest BCUT2D eigenvalue weighted by molar-refractivity contribution is -0.137. The fourth-order valence-corrected chi connectivity index (χ4v) is 6.71. The van der Waals surface area contributed by atoms with E-state index in [1.165, 1.54) is 50.3 Å². The number of ketones is 1. The van der Waals surface area contributed by atoms with E-state index in [2.05, 4.69) is 5.32 Å². The molecule has 1 aliphatic heterocycles. The zero-order chi connectivity index (χ0) is 29.8. The van der Waals surface area contributed by atoms with Crippen LogP contribution >= 0.6 is 0 Å². The summed E-state index contributed by atoms with van der Waals surface area (Å²) in [4.78, 5) is 47.8. The van der Waals surface area contributed by atoms with Crippen molar-refractivity contribution < 1.29 is 29.0 Å². The zero-order valence-electron chi connectivity index (χ0n) is 25.0. The van der Waals surface area contributed by atoms with Gasteiger partial charge in [0.1, 0.15) is 24.1 Å². The van der Waals surface area contributed by atoms with Gasteiger partial charge >= 0.3 is 6.09 Å². The maximum atomic E-state index is 12.9. The molecule has 1 aromatic heterocycles. The number of likely N-dealkylation sites (tertiary alicyclic amines) is 1. The molecule has 5 unspecified atom stereocenters. The van der Waals surface area contributed by atoms with E-state index in [9.17, 15) is 14.4 Å². The Morgan fingerprint density at radius 2 is 1.90 bits per heavy atom. The van der Waals surface area contributed by atoms with Crippen molar-refractivity contribution in [3.05, 3.63) is 23.9 Å². The SMILES string of the molecule is CCC1C(Oc2nc3cc(OC)ccc3nc2CCCCCC2CC2CC2CC2)CN(C(=O)CNC(=O)O)C1C(C)=O. The van der Waals surface area contributed by atoms with E-state index in [4.69, 9.17) is 24.5 Å². The first-order valence-corrected chi connectivity index (χ1v) is 15.5. The monoisotopic (exact) mass is 580 g/mol. The molecule has 10 heteroatoms. The van der Waals surface area contributed by atoms with Crippen LogP contribution in [0.25, 0.3) is 11.0 Å². The summed E-state index contributed by atoms with van der Waals surface area (Å²) < 4.78 is 11.9. The normalized spacial score (nSPS) is 24.9. The van der Waals surface area contributed by atoms with Crippen molar-refractivity contribution >= 4 is 28.8 Å². The lowest BCUT2D eigenvalue weighted by Crippen LogP contribution is -2.46. The first-order chi connectivity index (χ1) is 20.3. The summed E-state index contributed by atoms with van der Waals surface area (Å²) in [6.07, 6.45) is 9.97. The Morgan fingerprint density at radius 1 is 1.10 bits per heavy atom. The molecule has 2 aromatic rings. The number of carbonyl (C=O) groups excluding carboxylic acids is 2. The minimum absolute atomic E-state index is 0.152. The number of ether oxygens (including phenoxy) is 2. The van der Waals surface area contributed by atoms with Crippen LogP contribution in [0.3, 0.4) is 0 Å². The standard InChI is InChI=1S/C32H44N4O6/c1-4-24-28(18-36(30(24)19(2)37)29(38)17-33-32(39)40)42-31-26(34-25-13-12-23(41-3)16-27(25)35-31)9-7-5-6-8-21-15-22(21)14-20-10-11-20/h12-13,16,20-22,24,28,30,33H,4-11,14-15,17-18H2,1-3H3,(H,39,40). The van der Waals surface area contributed by atoms with Crippen molar-refractivity contribution in [3.63, 3.8) is 0 Å². The van der Waals surface area contributed by atoms with Gasteiger partial charge in [-0.15, -0.1) is 0 Å². The van der Waals surface area contributed by atoms with Gasteiger partial charge in [-0.3, -0.25) is 9.59 Å². The quantitative estimate of drug-likeness (QED) is 0.281. The van der Waals surface area contributed by atoms with Crippen molar-refractivity contribution in [2.24, 2.45) is 23.7 Å². The molecule has 2 amide bonds. The number of fused-ring (bicyclic) bond motifs is 1. The molecule has 2 aliphatic carbocycles. The summed E-state index contributed by atoms with van der Waals surface area (Å²) in [5.41, 5.74) is 2.18. The Balaban J connectivity index is 1.29. The molecule has 10 nitrogen and oxygen atoms in total. The lowest BCUT2D eigenvalue weighted by Gasteiger charge is -2.25. The van der Waals surface area contributed by atoms with Gasteiger partial charge in [-0.25, -0.2) is 14.8 Å². The smallest absolute Gasteiger partial charge is 0.405 e. The Morgan fingerprint density at radius 3 is 2.60 bits per heavy atom. The van der Waals surface area contributed by atoms with Crippen LogP contribution in [0.5, 0.6) is 11.6 Å². The largest absolute Gasteiger partial charge is 0.497 e. The summed E-state index contributed by atoms with van der Waals surface area (Å²) in [6, 6.07) is 4.90. The predicted molar refractivity (Wildman–Crippen MR) is 158 cm³/mol. The number of nitrogens with zero attached hydrogens (tertiary/aromatic N) is 3. The van der Waals surface area contributed by atoms with E-state index in [-0.39, 0.29) is 18.2 Å². The molecule has 3 aliphatic rings. The molecule has 228 valence electrons. The third-order valence-corrected chi connectivity index (χ3v) is 9.26. The van der Waals surface area contributed by atoms with Gasteiger partial charge < -0.3 is 24.8 Å². The molecule has 3 fully saturated rings. The van der Waals surface area contributed by atoms with Gasteiger partial charge in [-0.2, -0.15) is 0 Å². The third-order valence-electron chi connectivity index (χ3n) is 9.26. The molecule has 1 aromatic carbocycles. The van der Waals surface area contributed by atoms with Crippen LogP contribution in [0.1, 0.15) is 77.3 Å². The Labute approximate surface area is 247 Å². The molecule has 2 N–H and O–H groups in total. The summed E-state index contributed by atoms with van der Waals surface area (Å²) in [5.74, 6) is 3.16. The average Bonchev–Trinajstić information content (AvgIpc) is 3.90. The Kier molecular flexibility index (Phi) is 9.48. The molecule has 5 atom stereocenters. The number of aryl methyl sites for hydroxylation is 1. The first-order valence-electron chi connectivity index (χ1n) is 15.5. The highest BCUT2D eigenvalue weighted by Crippen LogP contribution is 2.50. The maximum Gasteiger partial charge on any atom is 0.405 e. The molecule has 0 bridgehead atoms. The number of Topliss-reactive ketones (excluding diaryl/α,β-unsaturated/α-hetero) is 1. The summed E-state index contributed by atoms with van der Waals surface area (Å²) in [7, 11) is 1.60. The summed E-state index contributed by atoms with van der Waals surface area (Å²) in [6.45, 7) is 3.20. The van der Waals surface area contributed by atoms with Crippen molar-refractivity contribution in [1.29, 1.82) is 0 Å². The number of hydrogen-bond acceptors (Lipinski definition) is 7. The molecule has 0 radical (unpaired) electrons. The third kappa shape index (κ3) is 7.31. The van der Waals surface area contributed by atoms with Crippen molar-refractivity contribution in [3.8, 4) is 11.6 Å². The number of methoxy groups -OCH3 is 1. The molecular weight excluding hydrogens is 536 g/mol. The van der Waals surface area contributed by atoms with Crippen LogP contribution in [0.15, 0.2) is 18.2 Å². The fourth-order valence-electron chi connectivity index (χ4n) is 6.71. The van der Waals surface area contributed by atoms with Crippen molar-refractivity contribution in [1.82, 2.24) is 20.2 Å². The highest BCUT2D eigenvalue weighted by Gasteiger charge is 2.47. The topological polar surface area (TPSA) is 131 Å². The minimum atomic E-state index is -1.29. The van der Waals surface area contributed by atoms with Crippen LogP contribution in [-0.4, -0.2) is 70.1 Å². The van der Waals surface area contributed by atoms with Crippen LogP contribution in [0.4, 0.5) is 4.79 Å². The number of rotatable bonds is 15. The van der Waals surface area contributed by atoms with Crippen LogP contribution in [0.2, 0.25) is 0 Å². The predicted octanol–water partition coefficient (Wildman–Crippen LogP) is 5.02. The second-order valence-electron chi connectivity index (χ2n) is 12.4. The van der Waals surface area contributed by atoms with Crippen LogP contribution < -0.4 is 14.8 Å². The second-order valence-corrected chi connectivity index (χ2v) is 12.4. The van der Waals surface area contributed by atoms with Crippen molar-refractivity contribution in [2.45, 2.75) is 90.2 Å². The van der Waals surface area contributed by atoms with E-state index in [1.54, 1.807) is 7.11 Å². The van der Waals surface area contributed by atoms with Gasteiger partial charge in [0.05, 0.1) is 30.7 Å². The van der Waals surface area contributed by atoms with E-state index in [0.717, 1.165) is 48.2 Å². The molecule has 0 spiro atoms. The van der Waals surface area contributed by atoms with Gasteiger partial charge in [0.2, 0.25) is 11.8 Å². The van der Waals surface area contributed by atoms with Gasteiger partial charge in [0.25, 0.3) is 0 Å². The van der Waals surface area contributed by atoms with Crippen molar-refractivity contribution in [2.75, 3.05) is 20.2 Å². The summed E-state index contributed by atoms with van der Waals surface area (Å²) in [5, 5.41) is 11.1. The average molecular weight is 581 g/mol. The first kappa shape index (κ1) is 30.0. The van der Waals surface area contributed by atoms with Crippen LogP contribution in [-0.2, 0) is 16.0 Å². The molecule has 2 heterocycles. The molecule has 2 saturated carbocycles.